The second kappa shape index (κ2) is 4.64. The summed E-state index contributed by atoms with van der Waals surface area (Å²) < 4.78 is 5.04. The zero-order valence-corrected chi connectivity index (χ0v) is 8.86. The Morgan fingerprint density at radius 1 is 1.33 bits per heavy atom. The third-order valence-corrected chi connectivity index (χ3v) is 2.01. The topological polar surface area (TPSA) is 46.5 Å². The summed E-state index contributed by atoms with van der Waals surface area (Å²) in [4.78, 5) is 11.5. The fourth-order valence-corrected chi connectivity index (χ4v) is 0.922. The first-order chi connectivity index (χ1) is 7.00. The standard InChI is InChI=1S/C12H14O3/c1-8(2)9(3)12(14)15-11-6-4-10(13)5-7-11/h4-8,13H,3H2,1-2H3. The molecule has 1 N–H and O–H groups in total. The Morgan fingerprint density at radius 3 is 2.33 bits per heavy atom. The van der Waals surface area contributed by atoms with Crippen LogP contribution in [-0.4, -0.2) is 11.1 Å². The van der Waals surface area contributed by atoms with E-state index in [-0.39, 0.29) is 11.7 Å². The Morgan fingerprint density at radius 2 is 1.87 bits per heavy atom. The Hall–Kier alpha value is -1.77. The Balaban J connectivity index is 2.67. The maximum absolute atomic E-state index is 11.5. The van der Waals surface area contributed by atoms with Crippen molar-refractivity contribution in [3.63, 3.8) is 0 Å². The van der Waals surface area contributed by atoms with Crippen LogP contribution < -0.4 is 4.74 Å². The van der Waals surface area contributed by atoms with Crippen LogP contribution in [0, 0.1) is 5.92 Å². The van der Waals surface area contributed by atoms with Crippen LogP contribution in [0.1, 0.15) is 13.8 Å². The number of ether oxygens (including phenoxy) is 1. The number of benzene rings is 1. The molecule has 3 heteroatoms. The second-order valence-electron chi connectivity index (χ2n) is 3.56. The minimum atomic E-state index is -0.435. The van der Waals surface area contributed by atoms with E-state index in [0.717, 1.165) is 0 Å². The molecule has 0 aromatic heterocycles. The van der Waals surface area contributed by atoms with Crippen molar-refractivity contribution in [3.8, 4) is 11.5 Å². The molecular weight excluding hydrogens is 192 g/mol. The molecule has 0 aliphatic rings. The summed E-state index contributed by atoms with van der Waals surface area (Å²) in [7, 11) is 0. The van der Waals surface area contributed by atoms with E-state index < -0.39 is 5.97 Å². The summed E-state index contributed by atoms with van der Waals surface area (Å²) in [5.74, 6) is 0.169. The largest absolute Gasteiger partial charge is 0.508 e. The highest BCUT2D eigenvalue weighted by Crippen LogP contribution is 2.18. The summed E-state index contributed by atoms with van der Waals surface area (Å²) in [6.07, 6.45) is 0. The Kier molecular flexibility index (Phi) is 3.50. The van der Waals surface area contributed by atoms with Crippen molar-refractivity contribution in [1.82, 2.24) is 0 Å². The van der Waals surface area contributed by atoms with Gasteiger partial charge in [-0.15, -0.1) is 0 Å². The highest BCUT2D eigenvalue weighted by Gasteiger charge is 2.12. The molecule has 15 heavy (non-hydrogen) atoms. The van der Waals surface area contributed by atoms with Gasteiger partial charge in [0.25, 0.3) is 0 Å². The molecule has 0 saturated heterocycles. The van der Waals surface area contributed by atoms with Crippen molar-refractivity contribution >= 4 is 5.97 Å². The van der Waals surface area contributed by atoms with Gasteiger partial charge in [-0.1, -0.05) is 20.4 Å². The molecule has 0 spiro atoms. The molecular formula is C12H14O3. The minimum Gasteiger partial charge on any atom is -0.508 e. The van der Waals surface area contributed by atoms with E-state index in [1.54, 1.807) is 0 Å². The van der Waals surface area contributed by atoms with Crippen LogP contribution in [0.2, 0.25) is 0 Å². The summed E-state index contributed by atoms with van der Waals surface area (Å²) >= 11 is 0. The lowest BCUT2D eigenvalue weighted by Gasteiger charge is -2.08. The molecule has 0 fully saturated rings. The van der Waals surface area contributed by atoms with Crippen molar-refractivity contribution in [2.24, 2.45) is 5.92 Å². The van der Waals surface area contributed by atoms with Crippen molar-refractivity contribution in [1.29, 1.82) is 0 Å². The van der Waals surface area contributed by atoms with E-state index in [0.29, 0.717) is 11.3 Å². The van der Waals surface area contributed by atoms with Gasteiger partial charge in [-0.05, 0) is 30.2 Å². The molecule has 0 bridgehead atoms. The highest BCUT2D eigenvalue weighted by molar-refractivity contribution is 5.89. The average molecular weight is 206 g/mol. The van der Waals surface area contributed by atoms with E-state index in [9.17, 15) is 4.79 Å². The van der Waals surface area contributed by atoms with Crippen LogP contribution >= 0.6 is 0 Å². The fraction of sp³-hybridized carbons (Fsp3) is 0.250. The highest BCUT2D eigenvalue weighted by atomic mass is 16.5. The van der Waals surface area contributed by atoms with E-state index in [2.05, 4.69) is 6.58 Å². The number of esters is 1. The molecule has 0 atom stereocenters. The fourth-order valence-electron chi connectivity index (χ4n) is 0.922. The first-order valence-corrected chi connectivity index (χ1v) is 4.70. The third-order valence-electron chi connectivity index (χ3n) is 2.01. The van der Waals surface area contributed by atoms with Crippen LogP contribution in [0.15, 0.2) is 36.4 Å². The maximum Gasteiger partial charge on any atom is 0.339 e. The number of hydrogen-bond donors (Lipinski definition) is 1. The van der Waals surface area contributed by atoms with Crippen molar-refractivity contribution in [2.75, 3.05) is 0 Å². The zero-order chi connectivity index (χ0) is 11.4. The molecule has 0 radical (unpaired) electrons. The van der Waals surface area contributed by atoms with Gasteiger partial charge in [0.2, 0.25) is 0 Å². The summed E-state index contributed by atoms with van der Waals surface area (Å²) in [6, 6.07) is 5.98. The summed E-state index contributed by atoms with van der Waals surface area (Å²) in [5, 5.41) is 9.03. The number of carbonyl (C=O) groups is 1. The number of phenols is 1. The summed E-state index contributed by atoms with van der Waals surface area (Å²) in [5.41, 5.74) is 0.433. The van der Waals surface area contributed by atoms with Gasteiger partial charge < -0.3 is 9.84 Å². The van der Waals surface area contributed by atoms with Gasteiger partial charge in [-0.3, -0.25) is 0 Å². The molecule has 1 aromatic carbocycles. The molecule has 3 nitrogen and oxygen atoms in total. The predicted molar refractivity (Wildman–Crippen MR) is 57.7 cm³/mol. The van der Waals surface area contributed by atoms with Gasteiger partial charge >= 0.3 is 5.97 Å². The molecule has 0 aliphatic heterocycles. The Bertz CT molecular complexity index is 363. The molecule has 0 unspecified atom stereocenters. The van der Waals surface area contributed by atoms with Crippen molar-refractivity contribution in [3.05, 3.63) is 36.4 Å². The number of hydrogen-bond acceptors (Lipinski definition) is 3. The van der Waals surface area contributed by atoms with Gasteiger partial charge in [-0.25, -0.2) is 4.79 Å². The lowest BCUT2D eigenvalue weighted by molar-refractivity contribution is -0.130. The number of phenolic OH excluding ortho intramolecular Hbond substituents is 1. The second-order valence-corrected chi connectivity index (χ2v) is 3.56. The number of aromatic hydroxyl groups is 1. The van der Waals surface area contributed by atoms with Gasteiger partial charge in [0, 0.05) is 5.57 Å². The monoisotopic (exact) mass is 206 g/mol. The van der Waals surface area contributed by atoms with Gasteiger partial charge in [-0.2, -0.15) is 0 Å². The first-order valence-electron chi connectivity index (χ1n) is 4.70. The van der Waals surface area contributed by atoms with Gasteiger partial charge in [0.1, 0.15) is 11.5 Å². The van der Waals surface area contributed by atoms with E-state index in [1.807, 2.05) is 13.8 Å². The van der Waals surface area contributed by atoms with Crippen LogP contribution in [0.25, 0.3) is 0 Å². The molecule has 0 aliphatic carbocycles. The molecule has 1 rings (SSSR count). The third kappa shape index (κ3) is 3.13. The number of carbonyl (C=O) groups excluding carboxylic acids is 1. The predicted octanol–water partition coefficient (Wildman–Crippen LogP) is 2.51. The van der Waals surface area contributed by atoms with Crippen molar-refractivity contribution in [2.45, 2.75) is 13.8 Å². The van der Waals surface area contributed by atoms with Crippen LogP contribution in [0.5, 0.6) is 11.5 Å². The lowest BCUT2D eigenvalue weighted by Crippen LogP contribution is -2.14. The van der Waals surface area contributed by atoms with E-state index >= 15 is 0 Å². The molecule has 0 saturated carbocycles. The van der Waals surface area contributed by atoms with Crippen molar-refractivity contribution < 1.29 is 14.6 Å². The lowest BCUT2D eigenvalue weighted by atomic mass is 10.1. The van der Waals surface area contributed by atoms with Crippen LogP contribution in [0.4, 0.5) is 0 Å². The van der Waals surface area contributed by atoms with E-state index in [4.69, 9.17) is 9.84 Å². The van der Waals surface area contributed by atoms with Gasteiger partial charge in [0.15, 0.2) is 0 Å². The number of rotatable bonds is 3. The SMILES string of the molecule is C=C(C(=O)Oc1ccc(O)cc1)C(C)C. The molecule has 0 heterocycles. The quantitative estimate of drug-likeness (QED) is 0.469. The smallest absolute Gasteiger partial charge is 0.339 e. The first kappa shape index (κ1) is 11.3. The molecule has 1 aromatic rings. The van der Waals surface area contributed by atoms with Crippen LogP contribution in [-0.2, 0) is 4.79 Å². The normalized spacial score (nSPS) is 10.1. The summed E-state index contributed by atoms with van der Waals surface area (Å²) in [6.45, 7) is 7.39. The molecule has 0 amide bonds. The Labute approximate surface area is 89.0 Å². The van der Waals surface area contributed by atoms with Gasteiger partial charge in [0.05, 0.1) is 0 Å². The van der Waals surface area contributed by atoms with E-state index in [1.165, 1.54) is 24.3 Å². The minimum absolute atomic E-state index is 0.0645. The zero-order valence-electron chi connectivity index (χ0n) is 8.86. The van der Waals surface area contributed by atoms with Crippen LogP contribution in [0.3, 0.4) is 0 Å². The maximum atomic E-state index is 11.5. The average Bonchev–Trinajstić information content (AvgIpc) is 2.20. The molecule has 80 valence electrons.